The van der Waals surface area contributed by atoms with Gasteiger partial charge in [0.05, 0.1) is 11.8 Å². The van der Waals surface area contributed by atoms with Gasteiger partial charge in [0.2, 0.25) is 0 Å². The number of rotatable bonds is 5. The Kier molecular flexibility index (Phi) is 8.24. The predicted molar refractivity (Wildman–Crippen MR) is 120 cm³/mol. The van der Waals surface area contributed by atoms with E-state index in [9.17, 15) is 18.0 Å². The third-order valence-corrected chi connectivity index (χ3v) is 5.12. The molecule has 1 fully saturated rings. The van der Waals surface area contributed by atoms with Crippen molar-refractivity contribution in [2.24, 2.45) is 0 Å². The minimum absolute atomic E-state index is 0. The summed E-state index contributed by atoms with van der Waals surface area (Å²) in [5.74, 6) is -3.14. The number of benzene rings is 1. The molecule has 3 heterocycles. The smallest absolute Gasteiger partial charge is 0.274 e. The average molecular weight is 479 g/mol. The number of anilines is 1. The summed E-state index contributed by atoms with van der Waals surface area (Å²) in [6.07, 6.45) is 5.65. The van der Waals surface area contributed by atoms with Crippen LogP contribution in [0.25, 0.3) is 11.3 Å². The van der Waals surface area contributed by atoms with Crippen molar-refractivity contribution in [2.45, 2.75) is 25.4 Å². The molecule has 1 amide bonds. The molecule has 1 unspecified atom stereocenters. The maximum absolute atomic E-state index is 14.3. The first-order valence-corrected chi connectivity index (χ1v) is 10.3. The van der Waals surface area contributed by atoms with Crippen molar-refractivity contribution in [2.75, 3.05) is 18.4 Å². The highest BCUT2D eigenvalue weighted by Gasteiger charge is 2.21. The molecule has 1 saturated heterocycles. The van der Waals surface area contributed by atoms with Gasteiger partial charge in [0.25, 0.3) is 5.91 Å². The Bertz CT molecular complexity index is 1100. The zero-order chi connectivity index (χ0) is 22.5. The van der Waals surface area contributed by atoms with Crippen LogP contribution in [0.3, 0.4) is 0 Å². The van der Waals surface area contributed by atoms with Gasteiger partial charge in [-0.15, -0.1) is 12.4 Å². The van der Waals surface area contributed by atoms with Gasteiger partial charge in [0.1, 0.15) is 46.4 Å². The summed E-state index contributed by atoms with van der Waals surface area (Å²) in [7, 11) is 0. The van der Waals surface area contributed by atoms with Crippen LogP contribution in [0.4, 0.5) is 18.9 Å². The number of halogens is 4. The van der Waals surface area contributed by atoms with Gasteiger partial charge in [0, 0.05) is 12.3 Å². The number of nitrogens with zero attached hydrogens (tertiary/aromatic N) is 2. The molecular formula is C23H22ClF3N4O2. The van der Waals surface area contributed by atoms with Crippen molar-refractivity contribution < 1.29 is 22.7 Å². The zero-order valence-corrected chi connectivity index (χ0v) is 18.3. The molecule has 0 saturated carbocycles. The molecule has 174 valence electrons. The Hall–Kier alpha value is -3.17. The van der Waals surface area contributed by atoms with E-state index in [-0.39, 0.29) is 24.2 Å². The summed E-state index contributed by atoms with van der Waals surface area (Å²) in [6, 6.07) is 6.88. The fourth-order valence-electron chi connectivity index (χ4n) is 3.52. The number of hydrogen-bond donors (Lipinski definition) is 2. The molecule has 2 aromatic heterocycles. The lowest BCUT2D eigenvalue weighted by molar-refractivity contribution is 0.102. The Morgan fingerprint density at radius 2 is 1.82 bits per heavy atom. The highest BCUT2D eigenvalue weighted by Crippen LogP contribution is 2.29. The number of carbonyl (C=O) groups excluding carboxylic acids is 1. The second-order valence-electron chi connectivity index (χ2n) is 7.37. The Balaban J connectivity index is 0.00000306. The van der Waals surface area contributed by atoms with E-state index in [0.717, 1.165) is 62.7 Å². The molecule has 33 heavy (non-hydrogen) atoms. The average Bonchev–Trinajstić information content (AvgIpc) is 3.05. The minimum atomic E-state index is -0.977. The summed E-state index contributed by atoms with van der Waals surface area (Å²) >= 11 is 0. The third-order valence-electron chi connectivity index (χ3n) is 5.12. The molecule has 1 aliphatic heterocycles. The molecule has 0 bridgehead atoms. The van der Waals surface area contributed by atoms with Crippen LogP contribution in [0.5, 0.6) is 5.75 Å². The standard InChI is InChI=1S/C23H21F3N4O2.ClH/c24-15-4-1-5-16(25)21(15)22-17(26)6-7-18(29-22)23(31)30-19-13-28-12-9-20(19)32-14-3-2-10-27-11-8-14;/h1,4-7,9,12-14,27H,2-3,8,10-11H2,(H,30,31);1H. The highest BCUT2D eigenvalue weighted by molar-refractivity contribution is 6.03. The molecule has 0 spiro atoms. The SMILES string of the molecule is Cl.O=C(Nc1cnccc1OC1CCCNCC1)c1ccc(F)c(-c2c(F)cccc2F)n1. The van der Waals surface area contributed by atoms with E-state index in [1.807, 2.05) is 0 Å². The van der Waals surface area contributed by atoms with Gasteiger partial charge in [-0.05, 0) is 56.6 Å². The Morgan fingerprint density at radius 1 is 1.03 bits per heavy atom. The fourth-order valence-corrected chi connectivity index (χ4v) is 3.52. The lowest BCUT2D eigenvalue weighted by atomic mass is 10.1. The van der Waals surface area contributed by atoms with Crippen LogP contribution in [-0.2, 0) is 0 Å². The van der Waals surface area contributed by atoms with E-state index >= 15 is 0 Å². The van der Waals surface area contributed by atoms with Crippen molar-refractivity contribution >= 4 is 24.0 Å². The van der Waals surface area contributed by atoms with Gasteiger partial charge in [-0.3, -0.25) is 9.78 Å². The van der Waals surface area contributed by atoms with Crippen molar-refractivity contribution in [3.8, 4) is 17.0 Å². The largest absolute Gasteiger partial charge is 0.488 e. The molecule has 0 radical (unpaired) electrons. The van der Waals surface area contributed by atoms with Crippen LogP contribution < -0.4 is 15.4 Å². The molecule has 1 atom stereocenters. The van der Waals surface area contributed by atoms with Crippen LogP contribution in [0, 0.1) is 17.5 Å². The monoisotopic (exact) mass is 478 g/mol. The summed E-state index contributed by atoms with van der Waals surface area (Å²) in [6.45, 7) is 1.77. The molecule has 2 N–H and O–H groups in total. The van der Waals surface area contributed by atoms with Gasteiger partial charge < -0.3 is 15.4 Å². The second kappa shape index (κ2) is 11.1. The summed E-state index contributed by atoms with van der Waals surface area (Å²) in [5.41, 5.74) is -1.11. The van der Waals surface area contributed by atoms with Crippen LogP contribution in [-0.4, -0.2) is 35.1 Å². The number of hydrogen-bond acceptors (Lipinski definition) is 5. The van der Waals surface area contributed by atoms with Crippen LogP contribution >= 0.6 is 12.4 Å². The molecule has 4 rings (SSSR count). The van der Waals surface area contributed by atoms with E-state index in [1.165, 1.54) is 6.20 Å². The molecule has 3 aromatic rings. The Labute approximate surface area is 195 Å². The van der Waals surface area contributed by atoms with Crippen molar-refractivity contribution in [3.63, 3.8) is 0 Å². The van der Waals surface area contributed by atoms with E-state index < -0.39 is 34.6 Å². The third kappa shape index (κ3) is 5.80. The predicted octanol–water partition coefficient (Wildman–Crippen LogP) is 4.76. The normalized spacial score (nSPS) is 15.8. The van der Waals surface area contributed by atoms with Crippen LogP contribution in [0.1, 0.15) is 29.8 Å². The van der Waals surface area contributed by atoms with Gasteiger partial charge in [0.15, 0.2) is 0 Å². The van der Waals surface area contributed by atoms with Gasteiger partial charge in [-0.1, -0.05) is 6.07 Å². The van der Waals surface area contributed by atoms with Gasteiger partial charge in [-0.2, -0.15) is 0 Å². The maximum atomic E-state index is 14.3. The minimum Gasteiger partial charge on any atom is -0.488 e. The zero-order valence-electron chi connectivity index (χ0n) is 17.5. The van der Waals surface area contributed by atoms with E-state index in [4.69, 9.17) is 4.74 Å². The Morgan fingerprint density at radius 3 is 2.61 bits per heavy atom. The molecule has 1 aromatic carbocycles. The fraction of sp³-hybridized carbons (Fsp3) is 0.261. The maximum Gasteiger partial charge on any atom is 0.274 e. The van der Waals surface area contributed by atoms with E-state index in [1.54, 1.807) is 12.3 Å². The van der Waals surface area contributed by atoms with E-state index in [2.05, 4.69) is 20.6 Å². The van der Waals surface area contributed by atoms with Crippen LogP contribution in [0.15, 0.2) is 48.8 Å². The van der Waals surface area contributed by atoms with Crippen molar-refractivity contribution in [1.29, 1.82) is 0 Å². The van der Waals surface area contributed by atoms with Gasteiger partial charge >= 0.3 is 0 Å². The summed E-state index contributed by atoms with van der Waals surface area (Å²) in [4.78, 5) is 20.7. The number of aromatic nitrogens is 2. The molecule has 10 heteroatoms. The van der Waals surface area contributed by atoms with Crippen LogP contribution in [0.2, 0.25) is 0 Å². The van der Waals surface area contributed by atoms with Crippen molar-refractivity contribution in [3.05, 3.63) is 71.9 Å². The highest BCUT2D eigenvalue weighted by atomic mass is 35.5. The number of nitrogens with one attached hydrogen (secondary N) is 2. The first-order valence-electron chi connectivity index (χ1n) is 10.3. The lowest BCUT2D eigenvalue weighted by Crippen LogP contribution is -2.21. The van der Waals surface area contributed by atoms with E-state index in [0.29, 0.717) is 11.4 Å². The molecular weight excluding hydrogens is 457 g/mol. The number of pyridine rings is 2. The number of amides is 1. The first kappa shape index (κ1) is 24.5. The van der Waals surface area contributed by atoms with Crippen molar-refractivity contribution in [1.82, 2.24) is 15.3 Å². The first-order chi connectivity index (χ1) is 15.5. The summed E-state index contributed by atoms with van der Waals surface area (Å²) < 4.78 is 48.6. The molecule has 6 nitrogen and oxygen atoms in total. The second-order valence-corrected chi connectivity index (χ2v) is 7.37. The topological polar surface area (TPSA) is 76.1 Å². The molecule has 1 aliphatic rings. The lowest BCUT2D eigenvalue weighted by Gasteiger charge is -2.19. The summed E-state index contributed by atoms with van der Waals surface area (Å²) in [5, 5.41) is 5.95. The quantitative estimate of drug-likeness (QED) is 0.553. The molecule has 0 aliphatic carbocycles. The number of carbonyl (C=O) groups is 1. The van der Waals surface area contributed by atoms with Gasteiger partial charge in [-0.25, -0.2) is 18.2 Å². The number of ether oxygens (including phenoxy) is 1.